The van der Waals surface area contributed by atoms with E-state index < -0.39 is 0 Å². The fourth-order valence-electron chi connectivity index (χ4n) is 1.87. The highest BCUT2D eigenvalue weighted by Crippen LogP contribution is 2.20. The second-order valence-electron chi connectivity index (χ2n) is 4.14. The third-order valence-corrected chi connectivity index (χ3v) is 2.84. The average Bonchev–Trinajstić information content (AvgIpc) is 3.02. The quantitative estimate of drug-likeness (QED) is 0.615. The number of fused-ring (bicyclic) bond motifs is 1. The van der Waals surface area contributed by atoms with Gasteiger partial charge >= 0.3 is 0 Å². The third kappa shape index (κ3) is 2.48. The average molecular weight is 279 g/mol. The normalized spacial score (nSPS) is 11.3. The Balaban J connectivity index is 2.01. The molecule has 0 radical (unpaired) electrons. The zero-order valence-electron chi connectivity index (χ0n) is 10.7. The van der Waals surface area contributed by atoms with Crippen LogP contribution in [0.5, 0.6) is 0 Å². The van der Waals surface area contributed by atoms with E-state index in [1.807, 2.05) is 18.2 Å². The van der Waals surface area contributed by atoms with Gasteiger partial charge in [0.05, 0.1) is 11.2 Å². The van der Waals surface area contributed by atoms with Crippen LogP contribution in [0.4, 0.5) is 5.69 Å². The van der Waals surface area contributed by atoms with Crippen molar-refractivity contribution in [3.63, 3.8) is 0 Å². The van der Waals surface area contributed by atoms with Gasteiger partial charge in [-0.2, -0.15) is 10.5 Å². The Morgan fingerprint density at radius 3 is 3.00 bits per heavy atom. The topological polar surface area (TPSA) is 123 Å². The number of benzene rings is 1. The molecule has 2 aromatic heterocycles. The molecule has 0 spiro atoms. The summed E-state index contributed by atoms with van der Waals surface area (Å²) in [5.74, 6) is 0.193. The summed E-state index contributed by atoms with van der Waals surface area (Å²) in [6, 6.07) is 10.7. The number of hydrogen-bond donors (Lipinski definition) is 3. The highest BCUT2D eigenvalue weighted by molar-refractivity contribution is 5.91. The summed E-state index contributed by atoms with van der Waals surface area (Å²) in [5.41, 5.74) is 1.35. The van der Waals surface area contributed by atoms with Crippen molar-refractivity contribution >= 4 is 22.2 Å². The van der Waals surface area contributed by atoms with Gasteiger partial charge in [-0.15, -0.1) is 10.2 Å². The molecule has 0 saturated carbocycles. The number of allylic oxidation sites excluding steroid dienone is 1. The van der Waals surface area contributed by atoms with Crippen molar-refractivity contribution in [2.75, 3.05) is 5.32 Å². The van der Waals surface area contributed by atoms with Crippen molar-refractivity contribution in [2.24, 2.45) is 0 Å². The predicted molar refractivity (Wildman–Crippen MR) is 76.0 cm³/mol. The van der Waals surface area contributed by atoms with Crippen LogP contribution in [0, 0.1) is 11.3 Å². The maximum Gasteiger partial charge on any atom is 0.248 e. The first kappa shape index (κ1) is 12.6. The summed E-state index contributed by atoms with van der Waals surface area (Å²) >= 11 is 0. The van der Waals surface area contributed by atoms with Crippen molar-refractivity contribution in [3.05, 3.63) is 52.7 Å². The van der Waals surface area contributed by atoms with Gasteiger partial charge in [0.25, 0.3) is 0 Å². The second-order valence-corrected chi connectivity index (χ2v) is 4.14. The van der Waals surface area contributed by atoms with Crippen molar-refractivity contribution in [3.8, 4) is 6.07 Å². The van der Waals surface area contributed by atoms with E-state index in [0.717, 1.165) is 5.39 Å². The minimum atomic E-state index is -0.195. The van der Waals surface area contributed by atoms with Crippen molar-refractivity contribution in [2.45, 2.75) is 0 Å². The third-order valence-electron chi connectivity index (χ3n) is 2.84. The summed E-state index contributed by atoms with van der Waals surface area (Å²) in [5, 5.41) is 26.1. The summed E-state index contributed by atoms with van der Waals surface area (Å²) in [4.78, 5) is 14.2. The molecular formula is C13H9N7O. The van der Waals surface area contributed by atoms with Gasteiger partial charge in [-0.3, -0.25) is 4.79 Å². The molecular weight excluding hydrogens is 270 g/mol. The van der Waals surface area contributed by atoms with E-state index in [0.29, 0.717) is 11.2 Å². The molecule has 0 fully saturated rings. The van der Waals surface area contributed by atoms with Crippen molar-refractivity contribution < 1.29 is 0 Å². The molecule has 2 heterocycles. The molecule has 0 amide bonds. The van der Waals surface area contributed by atoms with Gasteiger partial charge in [0.1, 0.15) is 11.6 Å². The number of nitrogens with zero attached hydrogens (tertiary/aromatic N) is 4. The number of pyridine rings is 1. The highest BCUT2D eigenvalue weighted by Gasteiger charge is 2.06. The fourth-order valence-corrected chi connectivity index (χ4v) is 1.87. The Bertz CT molecular complexity index is 902. The lowest BCUT2D eigenvalue weighted by atomic mass is 10.2. The molecule has 3 aromatic rings. The molecule has 3 N–H and O–H groups in total. The van der Waals surface area contributed by atoms with Gasteiger partial charge in [-0.1, -0.05) is 12.1 Å². The lowest BCUT2D eigenvalue weighted by Gasteiger charge is -2.05. The van der Waals surface area contributed by atoms with Crippen LogP contribution in [0.15, 0.2) is 41.3 Å². The Labute approximate surface area is 118 Å². The summed E-state index contributed by atoms with van der Waals surface area (Å²) in [7, 11) is 0. The van der Waals surface area contributed by atoms with E-state index in [1.165, 1.54) is 12.3 Å². The molecule has 21 heavy (non-hydrogen) atoms. The van der Waals surface area contributed by atoms with Gasteiger partial charge in [0.2, 0.25) is 11.4 Å². The molecule has 8 nitrogen and oxygen atoms in total. The Morgan fingerprint density at radius 1 is 1.33 bits per heavy atom. The number of nitriles is 1. The molecule has 102 valence electrons. The SMILES string of the molecule is N#CC(=CNc1cccc2ccc(=O)[nH]c12)c1nn[nH]n1. The van der Waals surface area contributed by atoms with E-state index in [4.69, 9.17) is 5.26 Å². The van der Waals surface area contributed by atoms with E-state index in [9.17, 15) is 4.79 Å². The predicted octanol–water partition coefficient (Wildman–Crippen LogP) is 1.02. The number of hydrogen-bond acceptors (Lipinski definition) is 6. The number of aromatic amines is 2. The van der Waals surface area contributed by atoms with Crippen LogP contribution in [0.1, 0.15) is 5.82 Å². The molecule has 0 saturated heterocycles. The van der Waals surface area contributed by atoms with Crippen molar-refractivity contribution in [1.29, 1.82) is 5.26 Å². The lowest BCUT2D eigenvalue weighted by Crippen LogP contribution is -2.04. The first-order valence-corrected chi connectivity index (χ1v) is 6.00. The number of aromatic nitrogens is 5. The minimum absolute atomic E-state index is 0.193. The van der Waals surface area contributed by atoms with E-state index >= 15 is 0 Å². The van der Waals surface area contributed by atoms with Crippen LogP contribution in [0.2, 0.25) is 0 Å². The first-order valence-electron chi connectivity index (χ1n) is 6.00. The molecule has 0 bridgehead atoms. The number of rotatable bonds is 3. The van der Waals surface area contributed by atoms with Crippen LogP contribution in [-0.4, -0.2) is 25.6 Å². The summed E-state index contributed by atoms with van der Waals surface area (Å²) < 4.78 is 0. The number of anilines is 1. The van der Waals surface area contributed by atoms with Crippen molar-refractivity contribution in [1.82, 2.24) is 25.6 Å². The van der Waals surface area contributed by atoms with E-state index in [1.54, 1.807) is 12.1 Å². The number of H-pyrrole nitrogens is 2. The molecule has 8 heteroatoms. The molecule has 3 rings (SSSR count). The Hall–Kier alpha value is -3.47. The smallest absolute Gasteiger partial charge is 0.248 e. The van der Waals surface area contributed by atoms with Crippen LogP contribution < -0.4 is 10.9 Å². The second kappa shape index (κ2) is 5.26. The van der Waals surface area contributed by atoms with Crippen LogP contribution in [0.3, 0.4) is 0 Å². The van der Waals surface area contributed by atoms with Gasteiger partial charge in [0, 0.05) is 17.7 Å². The zero-order valence-corrected chi connectivity index (χ0v) is 10.7. The number of para-hydroxylation sites is 1. The maximum absolute atomic E-state index is 11.4. The molecule has 0 atom stereocenters. The lowest BCUT2D eigenvalue weighted by molar-refractivity contribution is 0.881. The highest BCUT2D eigenvalue weighted by atomic mass is 16.1. The zero-order chi connectivity index (χ0) is 14.7. The summed E-state index contributed by atoms with van der Waals surface area (Å²) in [6.07, 6.45) is 1.46. The number of tetrazole rings is 1. The minimum Gasteiger partial charge on any atom is -0.359 e. The van der Waals surface area contributed by atoms with E-state index in [-0.39, 0.29) is 17.0 Å². The molecule has 0 aliphatic carbocycles. The largest absolute Gasteiger partial charge is 0.359 e. The van der Waals surface area contributed by atoms with Gasteiger partial charge < -0.3 is 10.3 Å². The molecule has 0 aliphatic heterocycles. The fraction of sp³-hybridized carbons (Fsp3) is 0. The van der Waals surface area contributed by atoms with Crippen LogP contribution >= 0.6 is 0 Å². The van der Waals surface area contributed by atoms with Gasteiger partial charge in [-0.05, 0) is 17.3 Å². The maximum atomic E-state index is 11.4. The summed E-state index contributed by atoms with van der Waals surface area (Å²) in [6.45, 7) is 0. The van der Waals surface area contributed by atoms with Gasteiger partial charge in [-0.25, -0.2) is 0 Å². The Morgan fingerprint density at radius 2 is 2.24 bits per heavy atom. The van der Waals surface area contributed by atoms with Crippen LogP contribution in [0.25, 0.3) is 16.5 Å². The number of nitrogens with one attached hydrogen (secondary N) is 3. The Kier molecular flexibility index (Phi) is 3.15. The van der Waals surface area contributed by atoms with Crippen LogP contribution in [-0.2, 0) is 0 Å². The van der Waals surface area contributed by atoms with Gasteiger partial charge in [0.15, 0.2) is 0 Å². The first-order chi connectivity index (χ1) is 10.3. The molecule has 1 aromatic carbocycles. The monoisotopic (exact) mass is 279 g/mol. The van der Waals surface area contributed by atoms with E-state index in [2.05, 4.69) is 30.9 Å². The standard InChI is InChI=1S/C13H9N7O/c14-6-9(13-17-19-20-18-13)7-15-10-3-1-2-8-4-5-11(21)16-12(8)10/h1-5,7,15H,(H,16,21)(H,17,18,19,20). The molecule has 0 unspecified atom stereocenters. The molecule has 0 aliphatic rings.